The monoisotopic (exact) mass is 450 g/mol. The third-order valence-corrected chi connectivity index (χ3v) is 6.56. The molecular weight excluding hydrogens is 420 g/mol. The zero-order valence-corrected chi connectivity index (χ0v) is 19.0. The number of carbonyl (C=O) groups is 3. The Labute approximate surface area is 193 Å². The lowest BCUT2D eigenvalue weighted by Crippen LogP contribution is -2.45. The molecule has 0 aliphatic heterocycles. The van der Waals surface area contributed by atoms with Gasteiger partial charge in [-0.1, -0.05) is 48.5 Å². The maximum absolute atomic E-state index is 12.8. The SMILES string of the molecule is CC(C)N(CCC(=O)O)C(=O)CC1(NC(=O)OCC2c3ccccc3-c3ccccc32)CC1. The molecule has 174 valence electrons. The predicted molar refractivity (Wildman–Crippen MR) is 124 cm³/mol. The van der Waals surface area contributed by atoms with Crippen molar-refractivity contribution in [3.8, 4) is 11.1 Å². The van der Waals surface area contributed by atoms with Crippen molar-refractivity contribution in [3.05, 3.63) is 59.7 Å². The van der Waals surface area contributed by atoms with E-state index in [-0.39, 0.29) is 43.9 Å². The lowest BCUT2D eigenvalue weighted by atomic mass is 9.98. The zero-order chi connectivity index (χ0) is 23.6. The highest BCUT2D eigenvalue weighted by atomic mass is 16.5. The van der Waals surface area contributed by atoms with E-state index in [1.54, 1.807) is 4.90 Å². The van der Waals surface area contributed by atoms with Crippen LogP contribution in [-0.4, -0.2) is 52.7 Å². The third kappa shape index (κ3) is 5.02. The van der Waals surface area contributed by atoms with Crippen molar-refractivity contribution in [3.63, 3.8) is 0 Å². The molecule has 1 saturated carbocycles. The Kier molecular flexibility index (Phi) is 6.40. The Morgan fingerprint density at radius 3 is 2.15 bits per heavy atom. The quantitative estimate of drug-likeness (QED) is 0.598. The Balaban J connectivity index is 1.36. The van der Waals surface area contributed by atoms with Crippen LogP contribution < -0.4 is 5.32 Å². The number of carboxylic acids is 1. The van der Waals surface area contributed by atoms with Gasteiger partial charge in [0.1, 0.15) is 6.61 Å². The number of carboxylic acid groups (broad SMARTS) is 1. The molecule has 0 atom stereocenters. The lowest BCUT2D eigenvalue weighted by Gasteiger charge is -2.28. The van der Waals surface area contributed by atoms with E-state index in [1.807, 2.05) is 38.1 Å². The van der Waals surface area contributed by atoms with Crippen molar-refractivity contribution in [1.29, 1.82) is 0 Å². The summed E-state index contributed by atoms with van der Waals surface area (Å²) in [5.41, 5.74) is 4.03. The van der Waals surface area contributed by atoms with Crippen molar-refractivity contribution in [2.24, 2.45) is 0 Å². The molecule has 0 saturated heterocycles. The van der Waals surface area contributed by atoms with E-state index in [4.69, 9.17) is 9.84 Å². The Morgan fingerprint density at radius 1 is 1.06 bits per heavy atom. The lowest BCUT2D eigenvalue weighted by molar-refractivity contribution is -0.139. The van der Waals surface area contributed by atoms with Gasteiger partial charge in [0, 0.05) is 18.5 Å². The van der Waals surface area contributed by atoms with Gasteiger partial charge < -0.3 is 20.1 Å². The molecule has 2 amide bonds. The van der Waals surface area contributed by atoms with Gasteiger partial charge in [0.2, 0.25) is 5.91 Å². The van der Waals surface area contributed by atoms with Crippen LogP contribution in [0.2, 0.25) is 0 Å². The largest absolute Gasteiger partial charge is 0.481 e. The average Bonchev–Trinajstić information content (AvgIpc) is 3.44. The highest BCUT2D eigenvalue weighted by Crippen LogP contribution is 2.44. The number of ether oxygens (including phenoxy) is 1. The first-order chi connectivity index (χ1) is 15.8. The van der Waals surface area contributed by atoms with Crippen LogP contribution in [0.15, 0.2) is 48.5 Å². The summed E-state index contributed by atoms with van der Waals surface area (Å²) >= 11 is 0. The molecule has 33 heavy (non-hydrogen) atoms. The Bertz CT molecular complexity index is 1010. The smallest absolute Gasteiger partial charge is 0.407 e. The number of carbonyl (C=O) groups excluding carboxylic acids is 2. The molecule has 2 aliphatic rings. The molecule has 0 unspecified atom stereocenters. The minimum atomic E-state index is -0.939. The van der Waals surface area contributed by atoms with E-state index in [0.717, 1.165) is 11.1 Å². The molecule has 2 N–H and O–H groups in total. The van der Waals surface area contributed by atoms with E-state index >= 15 is 0 Å². The number of rotatable bonds is 9. The van der Waals surface area contributed by atoms with Gasteiger partial charge in [-0.15, -0.1) is 0 Å². The van der Waals surface area contributed by atoms with E-state index in [0.29, 0.717) is 12.8 Å². The van der Waals surface area contributed by atoms with Crippen molar-refractivity contribution in [2.45, 2.75) is 57.0 Å². The van der Waals surface area contributed by atoms with Crippen LogP contribution in [0.25, 0.3) is 11.1 Å². The second kappa shape index (κ2) is 9.25. The van der Waals surface area contributed by atoms with Crippen molar-refractivity contribution in [2.75, 3.05) is 13.2 Å². The van der Waals surface area contributed by atoms with E-state index < -0.39 is 17.6 Å². The fraction of sp³-hybridized carbons (Fsp3) is 0.423. The molecule has 2 aromatic rings. The summed E-state index contributed by atoms with van der Waals surface area (Å²) in [4.78, 5) is 37.9. The average molecular weight is 451 g/mol. The van der Waals surface area contributed by atoms with Crippen LogP contribution in [0.4, 0.5) is 4.79 Å². The Morgan fingerprint density at radius 2 is 1.64 bits per heavy atom. The number of amides is 2. The minimum absolute atomic E-state index is 0.0209. The summed E-state index contributed by atoms with van der Waals surface area (Å²) in [7, 11) is 0. The van der Waals surface area contributed by atoms with E-state index in [1.165, 1.54) is 11.1 Å². The number of alkyl carbamates (subject to hydrolysis) is 1. The number of benzene rings is 2. The number of hydrogen-bond acceptors (Lipinski definition) is 4. The summed E-state index contributed by atoms with van der Waals surface area (Å²) in [5.74, 6) is -1.11. The summed E-state index contributed by atoms with van der Waals surface area (Å²) in [6.45, 7) is 4.10. The summed E-state index contributed by atoms with van der Waals surface area (Å²) in [6.07, 6.45) is 0.927. The molecule has 0 radical (unpaired) electrons. The second-order valence-corrected chi connectivity index (χ2v) is 9.23. The van der Waals surface area contributed by atoms with Gasteiger partial charge in [-0.3, -0.25) is 9.59 Å². The number of hydrogen-bond donors (Lipinski definition) is 2. The summed E-state index contributed by atoms with van der Waals surface area (Å²) in [6, 6.07) is 16.2. The van der Waals surface area contributed by atoms with Gasteiger partial charge in [0.05, 0.1) is 18.4 Å². The van der Waals surface area contributed by atoms with Crippen molar-refractivity contribution < 1.29 is 24.2 Å². The molecule has 0 bridgehead atoms. The van der Waals surface area contributed by atoms with Gasteiger partial charge in [0.25, 0.3) is 0 Å². The van der Waals surface area contributed by atoms with Crippen molar-refractivity contribution >= 4 is 18.0 Å². The normalized spacial score (nSPS) is 15.5. The standard InChI is InChI=1S/C26H30N2O5/c1-17(2)28(14-11-24(30)31)23(29)15-26(12-13-26)27-25(32)33-16-22-20-9-5-3-7-18(20)19-8-4-6-10-21(19)22/h3-10,17,22H,11-16H2,1-2H3,(H,27,32)(H,30,31). The first kappa shape index (κ1) is 22.8. The third-order valence-electron chi connectivity index (χ3n) is 6.56. The highest BCUT2D eigenvalue weighted by Gasteiger charge is 2.47. The van der Waals surface area contributed by atoms with Crippen LogP contribution in [0, 0.1) is 0 Å². The number of aliphatic carboxylic acids is 1. The number of nitrogens with one attached hydrogen (secondary N) is 1. The molecule has 0 aromatic heterocycles. The zero-order valence-electron chi connectivity index (χ0n) is 19.0. The molecule has 2 aliphatic carbocycles. The predicted octanol–water partition coefficient (Wildman–Crippen LogP) is 4.16. The molecular formula is C26H30N2O5. The van der Waals surface area contributed by atoms with E-state index in [9.17, 15) is 14.4 Å². The molecule has 4 rings (SSSR count). The maximum atomic E-state index is 12.8. The molecule has 7 nitrogen and oxygen atoms in total. The molecule has 7 heteroatoms. The topological polar surface area (TPSA) is 95.9 Å². The first-order valence-corrected chi connectivity index (χ1v) is 11.4. The van der Waals surface area contributed by atoms with Gasteiger partial charge in [-0.05, 0) is 48.9 Å². The van der Waals surface area contributed by atoms with Gasteiger partial charge in [0.15, 0.2) is 0 Å². The molecule has 0 spiro atoms. The molecule has 1 fully saturated rings. The van der Waals surface area contributed by atoms with Crippen LogP contribution in [0.5, 0.6) is 0 Å². The second-order valence-electron chi connectivity index (χ2n) is 9.23. The molecule has 2 aromatic carbocycles. The maximum Gasteiger partial charge on any atom is 0.407 e. The van der Waals surface area contributed by atoms with Crippen LogP contribution in [-0.2, 0) is 14.3 Å². The fourth-order valence-electron chi connectivity index (χ4n) is 4.63. The summed E-state index contributed by atoms with van der Waals surface area (Å²) < 4.78 is 5.63. The minimum Gasteiger partial charge on any atom is -0.481 e. The van der Waals surface area contributed by atoms with Gasteiger partial charge in [-0.25, -0.2) is 4.79 Å². The fourth-order valence-corrected chi connectivity index (χ4v) is 4.63. The van der Waals surface area contributed by atoms with Crippen LogP contribution in [0.1, 0.15) is 56.6 Å². The van der Waals surface area contributed by atoms with Gasteiger partial charge >= 0.3 is 12.1 Å². The number of fused-ring (bicyclic) bond motifs is 3. The summed E-state index contributed by atoms with van der Waals surface area (Å²) in [5, 5.41) is 11.9. The van der Waals surface area contributed by atoms with E-state index in [2.05, 4.69) is 29.6 Å². The molecule has 0 heterocycles. The van der Waals surface area contributed by atoms with Crippen molar-refractivity contribution in [1.82, 2.24) is 10.2 Å². The Hall–Kier alpha value is -3.35. The van der Waals surface area contributed by atoms with Gasteiger partial charge in [-0.2, -0.15) is 0 Å². The number of nitrogens with zero attached hydrogens (tertiary/aromatic N) is 1. The highest BCUT2D eigenvalue weighted by molar-refractivity contribution is 5.81. The van der Waals surface area contributed by atoms with Crippen LogP contribution in [0.3, 0.4) is 0 Å². The van der Waals surface area contributed by atoms with Crippen LogP contribution >= 0.6 is 0 Å². The first-order valence-electron chi connectivity index (χ1n) is 11.4.